The highest BCUT2D eigenvalue weighted by Crippen LogP contribution is 2.47. The number of aliphatic carboxylic acids is 1. The van der Waals surface area contributed by atoms with Crippen LogP contribution in [-0.2, 0) is 10.2 Å². The molecule has 1 saturated carbocycles. The van der Waals surface area contributed by atoms with Crippen molar-refractivity contribution in [2.75, 3.05) is 7.11 Å². The molecule has 18 heavy (non-hydrogen) atoms. The summed E-state index contributed by atoms with van der Waals surface area (Å²) in [4.78, 5) is 11.8. The molecule has 3 nitrogen and oxygen atoms in total. The van der Waals surface area contributed by atoms with Crippen LogP contribution in [-0.4, -0.2) is 18.2 Å². The Morgan fingerprint density at radius 3 is 2.39 bits per heavy atom. The summed E-state index contributed by atoms with van der Waals surface area (Å²) in [5.41, 5.74) is 2.31. The molecule has 3 heteroatoms. The van der Waals surface area contributed by atoms with Crippen molar-refractivity contribution in [3.05, 3.63) is 28.8 Å². The minimum Gasteiger partial charge on any atom is -0.496 e. The second-order valence-electron chi connectivity index (χ2n) is 5.18. The van der Waals surface area contributed by atoms with Crippen LogP contribution in [0.25, 0.3) is 0 Å². The molecule has 1 fully saturated rings. The Balaban J connectivity index is 2.67. The summed E-state index contributed by atoms with van der Waals surface area (Å²) >= 11 is 0. The average molecular weight is 248 g/mol. The molecule has 1 aromatic carbocycles. The van der Waals surface area contributed by atoms with Crippen LogP contribution in [0, 0.1) is 13.8 Å². The van der Waals surface area contributed by atoms with Crippen molar-refractivity contribution in [1.29, 1.82) is 0 Å². The van der Waals surface area contributed by atoms with Crippen LogP contribution >= 0.6 is 0 Å². The summed E-state index contributed by atoms with van der Waals surface area (Å²) in [6.45, 7) is 4.01. The predicted molar refractivity (Wildman–Crippen MR) is 70.2 cm³/mol. The molecule has 1 aromatic rings. The second-order valence-corrected chi connectivity index (χ2v) is 5.18. The fraction of sp³-hybridized carbons (Fsp3) is 0.533. The Morgan fingerprint density at radius 2 is 1.89 bits per heavy atom. The van der Waals surface area contributed by atoms with E-state index >= 15 is 0 Å². The molecular formula is C15H20O3. The van der Waals surface area contributed by atoms with Gasteiger partial charge in [-0.25, -0.2) is 0 Å². The van der Waals surface area contributed by atoms with E-state index in [0.29, 0.717) is 18.6 Å². The molecule has 0 spiro atoms. The van der Waals surface area contributed by atoms with E-state index in [9.17, 15) is 9.90 Å². The van der Waals surface area contributed by atoms with E-state index in [0.717, 1.165) is 29.5 Å². The van der Waals surface area contributed by atoms with Gasteiger partial charge in [-0.05, 0) is 43.9 Å². The van der Waals surface area contributed by atoms with Crippen LogP contribution in [0.3, 0.4) is 0 Å². The molecule has 0 radical (unpaired) electrons. The Labute approximate surface area is 108 Å². The van der Waals surface area contributed by atoms with Crippen molar-refractivity contribution in [3.8, 4) is 5.75 Å². The number of benzene rings is 1. The maximum atomic E-state index is 11.8. The zero-order chi connectivity index (χ0) is 13.3. The lowest BCUT2D eigenvalue weighted by molar-refractivity contribution is -0.143. The molecule has 0 unspecified atom stereocenters. The Hall–Kier alpha value is -1.51. The van der Waals surface area contributed by atoms with Gasteiger partial charge in [0.05, 0.1) is 12.5 Å². The second kappa shape index (κ2) is 4.63. The molecule has 1 N–H and O–H groups in total. The molecule has 0 atom stereocenters. The van der Waals surface area contributed by atoms with Crippen molar-refractivity contribution in [1.82, 2.24) is 0 Å². The normalized spacial score (nSPS) is 17.7. The maximum Gasteiger partial charge on any atom is 0.314 e. The number of carboxylic acids is 1. The fourth-order valence-corrected chi connectivity index (χ4v) is 3.11. The molecule has 0 amide bonds. The summed E-state index contributed by atoms with van der Waals surface area (Å²) < 4.78 is 5.41. The molecule has 98 valence electrons. The first-order valence-corrected chi connectivity index (χ1v) is 6.41. The van der Waals surface area contributed by atoms with E-state index in [-0.39, 0.29) is 0 Å². The standard InChI is InChI=1S/C15H20O3/c1-10-6-7-12(18-3)13(11(10)2)15(14(16)17)8-4-5-9-15/h6-7H,4-5,8-9H2,1-3H3,(H,16,17). The van der Waals surface area contributed by atoms with Gasteiger partial charge in [-0.2, -0.15) is 0 Å². The van der Waals surface area contributed by atoms with Gasteiger partial charge in [0.15, 0.2) is 0 Å². The first-order chi connectivity index (χ1) is 8.53. The summed E-state index contributed by atoms with van der Waals surface area (Å²) in [5.74, 6) is -0.00519. The Morgan fingerprint density at radius 1 is 1.28 bits per heavy atom. The van der Waals surface area contributed by atoms with Gasteiger partial charge in [-0.15, -0.1) is 0 Å². The quantitative estimate of drug-likeness (QED) is 0.893. The van der Waals surface area contributed by atoms with Crippen LogP contribution < -0.4 is 4.74 Å². The van der Waals surface area contributed by atoms with Crippen molar-refractivity contribution in [3.63, 3.8) is 0 Å². The minimum atomic E-state index is -0.749. The lowest BCUT2D eigenvalue weighted by Crippen LogP contribution is -2.34. The lowest BCUT2D eigenvalue weighted by Gasteiger charge is -2.29. The van der Waals surface area contributed by atoms with Crippen LogP contribution in [0.1, 0.15) is 42.4 Å². The fourth-order valence-electron chi connectivity index (χ4n) is 3.11. The SMILES string of the molecule is COc1ccc(C)c(C)c1C1(C(=O)O)CCCC1. The first kappa shape index (κ1) is 12.9. The Kier molecular flexibility index (Phi) is 3.33. The molecule has 1 aliphatic carbocycles. The Bertz CT molecular complexity index is 471. The number of carboxylic acid groups (broad SMARTS) is 1. The summed E-state index contributed by atoms with van der Waals surface area (Å²) in [7, 11) is 1.61. The molecule has 2 rings (SSSR count). The minimum absolute atomic E-state index is 0.711. The highest BCUT2D eigenvalue weighted by Gasteiger charge is 2.45. The summed E-state index contributed by atoms with van der Waals surface area (Å²) in [6, 6.07) is 3.88. The average Bonchev–Trinajstić information content (AvgIpc) is 2.82. The molecule has 0 aliphatic heterocycles. The van der Waals surface area contributed by atoms with Crippen molar-refractivity contribution < 1.29 is 14.6 Å². The monoisotopic (exact) mass is 248 g/mol. The first-order valence-electron chi connectivity index (χ1n) is 6.41. The largest absolute Gasteiger partial charge is 0.496 e. The van der Waals surface area contributed by atoms with E-state index < -0.39 is 11.4 Å². The molecule has 1 aliphatic rings. The van der Waals surface area contributed by atoms with Gasteiger partial charge in [0, 0.05) is 5.56 Å². The zero-order valence-electron chi connectivity index (χ0n) is 11.2. The van der Waals surface area contributed by atoms with Gasteiger partial charge >= 0.3 is 5.97 Å². The predicted octanol–water partition coefficient (Wildman–Crippen LogP) is 3.21. The van der Waals surface area contributed by atoms with Crippen LogP contribution in [0.2, 0.25) is 0 Å². The van der Waals surface area contributed by atoms with Gasteiger partial charge in [-0.3, -0.25) is 4.79 Å². The topological polar surface area (TPSA) is 46.5 Å². The van der Waals surface area contributed by atoms with Crippen molar-refractivity contribution in [2.45, 2.75) is 44.9 Å². The number of rotatable bonds is 3. The molecule has 0 heterocycles. The van der Waals surface area contributed by atoms with Gasteiger partial charge in [0.25, 0.3) is 0 Å². The third kappa shape index (κ3) is 1.78. The number of carbonyl (C=O) groups is 1. The highest BCUT2D eigenvalue weighted by atomic mass is 16.5. The van der Waals surface area contributed by atoms with E-state index in [1.807, 2.05) is 26.0 Å². The van der Waals surface area contributed by atoms with Crippen LogP contribution in [0.5, 0.6) is 5.75 Å². The summed E-state index contributed by atoms with van der Waals surface area (Å²) in [5, 5.41) is 9.70. The highest BCUT2D eigenvalue weighted by molar-refractivity contribution is 5.83. The van der Waals surface area contributed by atoms with Gasteiger partial charge < -0.3 is 9.84 Å². The van der Waals surface area contributed by atoms with Gasteiger partial charge in [0.1, 0.15) is 5.75 Å². The lowest BCUT2D eigenvalue weighted by atomic mass is 9.75. The van der Waals surface area contributed by atoms with E-state index in [1.54, 1.807) is 7.11 Å². The van der Waals surface area contributed by atoms with Crippen LogP contribution in [0.4, 0.5) is 0 Å². The molecule has 0 bridgehead atoms. The number of ether oxygens (including phenoxy) is 1. The number of methoxy groups -OCH3 is 1. The molecule has 0 aromatic heterocycles. The molecule has 0 saturated heterocycles. The smallest absolute Gasteiger partial charge is 0.314 e. The third-order valence-electron chi connectivity index (χ3n) is 4.26. The number of aryl methyl sites for hydroxylation is 1. The number of hydrogen-bond acceptors (Lipinski definition) is 2. The number of hydrogen-bond donors (Lipinski definition) is 1. The summed E-state index contributed by atoms with van der Waals surface area (Å²) in [6.07, 6.45) is 3.37. The van der Waals surface area contributed by atoms with Crippen molar-refractivity contribution >= 4 is 5.97 Å². The van der Waals surface area contributed by atoms with Crippen molar-refractivity contribution in [2.24, 2.45) is 0 Å². The van der Waals surface area contributed by atoms with E-state index in [4.69, 9.17) is 4.74 Å². The van der Waals surface area contributed by atoms with Gasteiger partial charge in [-0.1, -0.05) is 18.9 Å². The molecular weight excluding hydrogens is 228 g/mol. The third-order valence-corrected chi connectivity index (χ3v) is 4.26. The van der Waals surface area contributed by atoms with E-state index in [1.165, 1.54) is 0 Å². The van der Waals surface area contributed by atoms with Crippen LogP contribution in [0.15, 0.2) is 12.1 Å². The van der Waals surface area contributed by atoms with E-state index in [2.05, 4.69) is 0 Å². The zero-order valence-corrected chi connectivity index (χ0v) is 11.2. The van der Waals surface area contributed by atoms with Gasteiger partial charge in [0.2, 0.25) is 0 Å². The maximum absolute atomic E-state index is 11.8.